The molecule has 0 aromatic heterocycles. The van der Waals surface area contributed by atoms with Gasteiger partial charge in [-0.05, 0) is 5.56 Å². The van der Waals surface area contributed by atoms with E-state index < -0.39 is 0 Å². The fourth-order valence-corrected chi connectivity index (χ4v) is 1.65. The molecule has 2 N–H and O–H groups in total. The van der Waals surface area contributed by atoms with Crippen LogP contribution in [0.15, 0.2) is 35.3 Å². The smallest absolute Gasteiger partial charge is 0.191 e. The predicted molar refractivity (Wildman–Crippen MR) is 64.2 cm³/mol. The summed E-state index contributed by atoms with van der Waals surface area (Å²) in [7, 11) is 0. The maximum atomic E-state index is 5.92. The van der Waals surface area contributed by atoms with E-state index in [9.17, 15) is 0 Å². The number of hydrogen-bond donors (Lipinski definition) is 1. The molecule has 0 saturated carbocycles. The van der Waals surface area contributed by atoms with E-state index >= 15 is 0 Å². The normalized spacial score (nSPS) is 17.5. The van der Waals surface area contributed by atoms with Crippen LogP contribution in [-0.4, -0.2) is 37.2 Å². The summed E-state index contributed by atoms with van der Waals surface area (Å²) >= 11 is 0. The summed E-state index contributed by atoms with van der Waals surface area (Å²) in [6, 6.07) is 10.1. The van der Waals surface area contributed by atoms with Gasteiger partial charge in [0, 0.05) is 13.1 Å². The lowest BCUT2D eigenvalue weighted by molar-refractivity contribution is 0.0674. The molecule has 2 rings (SSSR count). The van der Waals surface area contributed by atoms with Crippen LogP contribution in [0.5, 0.6) is 0 Å². The lowest BCUT2D eigenvalue weighted by Gasteiger charge is -2.27. The summed E-state index contributed by atoms with van der Waals surface area (Å²) in [6.07, 6.45) is 0. The van der Waals surface area contributed by atoms with Gasteiger partial charge in [0.1, 0.15) is 0 Å². The van der Waals surface area contributed by atoms with Gasteiger partial charge in [0.15, 0.2) is 5.96 Å². The first-order valence-electron chi connectivity index (χ1n) is 5.53. The fourth-order valence-electron chi connectivity index (χ4n) is 1.65. The number of rotatable bonds is 2. The molecule has 86 valence electrons. The maximum absolute atomic E-state index is 5.92. The second-order valence-corrected chi connectivity index (χ2v) is 3.76. The molecule has 0 aliphatic carbocycles. The molecule has 0 atom stereocenters. The molecular weight excluding hydrogens is 202 g/mol. The van der Waals surface area contributed by atoms with Crippen LogP contribution >= 0.6 is 0 Å². The standard InChI is InChI=1S/C12H17N3O/c13-12(15-6-8-16-9-7-15)14-10-11-4-2-1-3-5-11/h1-5H,6-10H2,(H2,13,14). The van der Waals surface area contributed by atoms with Gasteiger partial charge in [-0.25, -0.2) is 4.99 Å². The summed E-state index contributed by atoms with van der Waals surface area (Å²) in [5.74, 6) is 0.618. The molecular formula is C12H17N3O. The van der Waals surface area contributed by atoms with Crippen LogP contribution in [0.2, 0.25) is 0 Å². The van der Waals surface area contributed by atoms with Crippen LogP contribution in [-0.2, 0) is 11.3 Å². The van der Waals surface area contributed by atoms with Crippen LogP contribution < -0.4 is 5.73 Å². The Morgan fingerprint density at radius 2 is 1.94 bits per heavy atom. The molecule has 4 heteroatoms. The molecule has 0 bridgehead atoms. The first-order chi connectivity index (χ1) is 7.86. The Balaban J connectivity index is 1.91. The summed E-state index contributed by atoms with van der Waals surface area (Å²) in [6.45, 7) is 3.79. The van der Waals surface area contributed by atoms with Crippen LogP contribution in [0.25, 0.3) is 0 Å². The number of hydrogen-bond acceptors (Lipinski definition) is 2. The molecule has 1 aliphatic rings. The highest BCUT2D eigenvalue weighted by Crippen LogP contribution is 2.02. The largest absolute Gasteiger partial charge is 0.378 e. The fraction of sp³-hybridized carbons (Fsp3) is 0.417. The van der Waals surface area contributed by atoms with Gasteiger partial charge >= 0.3 is 0 Å². The minimum absolute atomic E-state index is 0.618. The minimum Gasteiger partial charge on any atom is -0.378 e. The number of aliphatic imine (C=N–C) groups is 1. The van der Waals surface area contributed by atoms with Crippen molar-refractivity contribution < 1.29 is 4.74 Å². The van der Waals surface area contributed by atoms with Gasteiger partial charge < -0.3 is 15.4 Å². The SMILES string of the molecule is NC(=NCc1ccccc1)N1CCOCC1. The van der Waals surface area contributed by atoms with E-state index in [1.165, 1.54) is 5.56 Å². The number of nitrogens with two attached hydrogens (primary N) is 1. The van der Waals surface area contributed by atoms with E-state index in [-0.39, 0.29) is 0 Å². The first-order valence-corrected chi connectivity index (χ1v) is 5.53. The first kappa shape index (κ1) is 11.0. The molecule has 0 amide bonds. The van der Waals surface area contributed by atoms with E-state index in [2.05, 4.69) is 22.0 Å². The second-order valence-electron chi connectivity index (χ2n) is 3.76. The van der Waals surface area contributed by atoms with Crippen molar-refractivity contribution in [2.45, 2.75) is 6.54 Å². The Hall–Kier alpha value is -1.55. The summed E-state index contributed by atoms with van der Waals surface area (Å²) in [5, 5.41) is 0. The second kappa shape index (κ2) is 5.51. The quantitative estimate of drug-likeness (QED) is 0.592. The zero-order chi connectivity index (χ0) is 11.2. The summed E-state index contributed by atoms with van der Waals surface area (Å²) in [4.78, 5) is 6.44. The molecule has 1 aliphatic heterocycles. The van der Waals surface area contributed by atoms with E-state index in [1.54, 1.807) is 0 Å². The Bertz CT molecular complexity index is 345. The van der Waals surface area contributed by atoms with Gasteiger partial charge in [0.2, 0.25) is 0 Å². The molecule has 4 nitrogen and oxygen atoms in total. The van der Waals surface area contributed by atoms with E-state index in [1.807, 2.05) is 18.2 Å². The maximum Gasteiger partial charge on any atom is 0.191 e. The molecule has 1 aromatic rings. The average Bonchev–Trinajstić information content (AvgIpc) is 2.38. The monoisotopic (exact) mass is 219 g/mol. The van der Waals surface area contributed by atoms with Crippen molar-refractivity contribution in [3.8, 4) is 0 Å². The highest BCUT2D eigenvalue weighted by Gasteiger charge is 2.11. The number of nitrogens with zero attached hydrogens (tertiary/aromatic N) is 2. The Morgan fingerprint density at radius 1 is 1.25 bits per heavy atom. The van der Waals surface area contributed by atoms with E-state index in [0.29, 0.717) is 12.5 Å². The average molecular weight is 219 g/mol. The van der Waals surface area contributed by atoms with E-state index in [4.69, 9.17) is 10.5 Å². The van der Waals surface area contributed by atoms with Crippen LogP contribution in [0.1, 0.15) is 5.56 Å². The molecule has 0 spiro atoms. The van der Waals surface area contributed by atoms with Gasteiger partial charge in [-0.1, -0.05) is 30.3 Å². The molecule has 1 heterocycles. The molecule has 16 heavy (non-hydrogen) atoms. The highest BCUT2D eigenvalue weighted by atomic mass is 16.5. The Morgan fingerprint density at radius 3 is 2.62 bits per heavy atom. The van der Waals surface area contributed by atoms with Crippen molar-refractivity contribution in [2.24, 2.45) is 10.7 Å². The predicted octanol–water partition coefficient (Wildman–Crippen LogP) is 0.833. The Labute approximate surface area is 95.7 Å². The highest BCUT2D eigenvalue weighted by molar-refractivity contribution is 5.78. The molecule has 0 unspecified atom stereocenters. The van der Waals surface area contributed by atoms with Crippen molar-refractivity contribution in [1.82, 2.24) is 4.90 Å². The number of guanidine groups is 1. The van der Waals surface area contributed by atoms with Crippen LogP contribution in [0.3, 0.4) is 0 Å². The lowest BCUT2D eigenvalue weighted by atomic mass is 10.2. The third-order valence-electron chi connectivity index (χ3n) is 2.60. The number of ether oxygens (including phenoxy) is 1. The zero-order valence-corrected chi connectivity index (χ0v) is 9.30. The lowest BCUT2D eigenvalue weighted by Crippen LogP contribution is -2.44. The molecule has 1 saturated heterocycles. The zero-order valence-electron chi connectivity index (χ0n) is 9.30. The van der Waals surface area contributed by atoms with Crippen molar-refractivity contribution in [2.75, 3.05) is 26.3 Å². The van der Waals surface area contributed by atoms with Crippen molar-refractivity contribution in [3.63, 3.8) is 0 Å². The van der Waals surface area contributed by atoms with Crippen molar-refractivity contribution in [1.29, 1.82) is 0 Å². The third kappa shape index (κ3) is 2.97. The van der Waals surface area contributed by atoms with Gasteiger partial charge in [-0.2, -0.15) is 0 Å². The summed E-state index contributed by atoms with van der Waals surface area (Å²) < 4.78 is 5.26. The molecule has 1 aromatic carbocycles. The van der Waals surface area contributed by atoms with Crippen molar-refractivity contribution in [3.05, 3.63) is 35.9 Å². The van der Waals surface area contributed by atoms with Gasteiger partial charge in [-0.3, -0.25) is 0 Å². The van der Waals surface area contributed by atoms with E-state index in [0.717, 1.165) is 26.3 Å². The molecule has 0 radical (unpaired) electrons. The number of benzene rings is 1. The van der Waals surface area contributed by atoms with Crippen molar-refractivity contribution >= 4 is 5.96 Å². The summed E-state index contributed by atoms with van der Waals surface area (Å²) in [5.41, 5.74) is 7.10. The third-order valence-corrected chi connectivity index (χ3v) is 2.60. The minimum atomic E-state index is 0.618. The van der Waals surface area contributed by atoms with Crippen LogP contribution in [0, 0.1) is 0 Å². The van der Waals surface area contributed by atoms with Gasteiger partial charge in [0.05, 0.1) is 19.8 Å². The Kier molecular flexibility index (Phi) is 3.77. The number of morpholine rings is 1. The van der Waals surface area contributed by atoms with Gasteiger partial charge in [-0.15, -0.1) is 0 Å². The van der Waals surface area contributed by atoms with Gasteiger partial charge in [0.25, 0.3) is 0 Å². The van der Waals surface area contributed by atoms with Crippen LogP contribution in [0.4, 0.5) is 0 Å². The topological polar surface area (TPSA) is 50.8 Å². The molecule has 1 fully saturated rings.